The summed E-state index contributed by atoms with van der Waals surface area (Å²) in [6.07, 6.45) is 0.491. The van der Waals surface area contributed by atoms with E-state index in [1.807, 2.05) is 42.5 Å². The van der Waals surface area contributed by atoms with E-state index >= 15 is 0 Å². The molecule has 1 aliphatic heterocycles. The Hall–Kier alpha value is -2.54. The van der Waals surface area contributed by atoms with Crippen molar-refractivity contribution >= 4 is 27.1 Å². The second-order valence-electron chi connectivity index (χ2n) is 6.37. The Morgan fingerprint density at radius 3 is 2.38 bits per heavy atom. The quantitative estimate of drug-likeness (QED) is 0.841. The molecule has 2 aromatic rings. The van der Waals surface area contributed by atoms with E-state index in [-0.39, 0.29) is 30.1 Å². The van der Waals surface area contributed by atoms with Crippen molar-refractivity contribution in [3.63, 3.8) is 0 Å². The Labute approximate surface area is 153 Å². The predicted molar refractivity (Wildman–Crippen MR) is 101 cm³/mol. The van der Waals surface area contributed by atoms with E-state index in [4.69, 9.17) is 4.74 Å². The van der Waals surface area contributed by atoms with Crippen LogP contribution in [-0.4, -0.2) is 50.4 Å². The maximum absolute atomic E-state index is 12.2. The number of carbonyl (C=O) groups is 1. The number of hydrogen-bond acceptors (Lipinski definition) is 5. The lowest BCUT2D eigenvalue weighted by Gasteiger charge is -2.23. The third-order valence-corrected chi connectivity index (χ3v) is 6.18. The van der Waals surface area contributed by atoms with Crippen molar-refractivity contribution in [2.75, 3.05) is 30.5 Å². The van der Waals surface area contributed by atoms with Crippen molar-refractivity contribution in [2.45, 2.75) is 12.5 Å². The second-order valence-corrected chi connectivity index (χ2v) is 8.59. The molecule has 1 fully saturated rings. The van der Waals surface area contributed by atoms with E-state index in [2.05, 4.69) is 5.32 Å². The van der Waals surface area contributed by atoms with Crippen LogP contribution in [0.15, 0.2) is 54.6 Å². The standard InChI is InChI=1S/C19H22N2O4S/c1-21(17-11-12-26(23,24)14-17)19(22)13-25-18-9-7-16(8-10-18)20-15-5-3-2-4-6-15/h2-10,17,20H,11-14H2,1H3/t17-/m1/s1. The Balaban J connectivity index is 1.50. The number of ether oxygens (including phenoxy) is 1. The van der Waals surface area contributed by atoms with Crippen molar-refractivity contribution in [2.24, 2.45) is 0 Å². The molecule has 0 spiro atoms. The maximum atomic E-state index is 12.2. The summed E-state index contributed by atoms with van der Waals surface area (Å²) in [5.74, 6) is 0.546. The molecule has 6 nitrogen and oxygen atoms in total. The number of sulfone groups is 1. The zero-order valence-corrected chi connectivity index (χ0v) is 15.4. The number of benzene rings is 2. The minimum Gasteiger partial charge on any atom is -0.484 e. The Morgan fingerprint density at radius 1 is 1.12 bits per heavy atom. The van der Waals surface area contributed by atoms with Crippen LogP contribution in [0.4, 0.5) is 11.4 Å². The highest BCUT2D eigenvalue weighted by molar-refractivity contribution is 7.91. The smallest absolute Gasteiger partial charge is 0.260 e. The number of amides is 1. The predicted octanol–water partition coefficient (Wildman–Crippen LogP) is 2.45. The molecular formula is C19H22N2O4S. The minimum atomic E-state index is -3.01. The van der Waals surface area contributed by atoms with Gasteiger partial charge in [-0.3, -0.25) is 4.79 Å². The topological polar surface area (TPSA) is 75.7 Å². The summed E-state index contributed by atoms with van der Waals surface area (Å²) < 4.78 is 28.6. The Bertz CT molecular complexity index is 851. The van der Waals surface area contributed by atoms with Gasteiger partial charge in [0.05, 0.1) is 11.5 Å². The van der Waals surface area contributed by atoms with Crippen molar-refractivity contribution in [1.29, 1.82) is 0 Å². The van der Waals surface area contributed by atoms with Gasteiger partial charge in [-0.25, -0.2) is 8.42 Å². The van der Waals surface area contributed by atoms with Gasteiger partial charge < -0.3 is 15.0 Å². The van der Waals surface area contributed by atoms with Gasteiger partial charge in [-0.05, 0) is 42.8 Å². The van der Waals surface area contributed by atoms with Gasteiger partial charge >= 0.3 is 0 Å². The average molecular weight is 374 g/mol. The number of nitrogens with zero attached hydrogens (tertiary/aromatic N) is 1. The van der Waals surface area contributed by atoms with Crippen LogP contribution >= 0.6 is 0 Å². The molecular weight excluding hydrogens is 352 g/mol. The number of likely N-dealkylation sites (N-methyl/N-ethyl adjacent to an activating group) is 1. The molecule has 1 saturated heterocycles. The van der Waals surface area contributed by atoms with Crippen LogP contribution < -0.4 is 10.1 Å². The summed E-state index contributed by atoms with van der Waals surface area (Å²) >= 11 is 0. The SMILES string of the molecule is CN(C(=O)COc1ccc(Nc2ccccc2)cc1)[C@@H]1CCS(=O)(=O)C1. The average Bonchev–Trinajstić information content (AvgIpc) is 3.01. The molecule has 1 atom stereocenters. The van der Waals surface area contributed by atoms with Gasteiger partial charge in [-0.2, -0.15) is 0 Å². The van der Waals surface area contributed by atoms with Crippen LogP contribution in [-0.2, 0) is 14.6 Å². The third-order valence-electron chi connectivity index (χ3n) is 4.43. The fourth-order valence-corrected chi connectivity index (χ4v) is 4.63. The van der Waals surface area contributed by atoms with E-state index in [1.165, 1.54) is 4.90 Å². The lowest BCUT2D eigenvalue weighted by Crippen LogP contribution is -2.40. The maximum Gasteiger partial charge on any atom is 0.260 e. The fourth-order valence-electron chi connectivity index (χ4n) is 2.85. The summed E-state index contributed by atoms with van der Waals surface area (Å²) in [7, 11) is -1.38. The summed E-state index contributed by atoms with van der Waals surface area (Å²) in [6, 6.07) is 16.9. The lowest BCUT2D eigenvalue weighted by molar-refractivity contribution is -0.133. The van der Waals surface area contributed by atoms with Gasteiger partial charge in [0.1, 0.15) is 5.75 Å². The fraction of sp³-hybridized carbons (Fsp3) is 0.316. The number of para-hydroxylation sites is 1. The van der Waals surface area contributed by atoms with Crippen LogP contribution in [0.1, 0.15) is 6.42 Å². The Kier molecular flexibility index (Phi) is 5.46. The van der Waals surface area contributed by atoms with Crippen LogP contribution in [0.2, 0.25) is 0 Å². The molecule has 0 bridgehead atoms. The third kappa shape index (κ3) is 4.76. The van der Waals surface area contributed by atoms with E-state index in [0.29, 0.717) is 12.2 Å². The van der Waals surface area contributed by atoms with E-state index in [1.54, 1.807) is 19.2 Å². The molecule has 138 valence electrons. The summed E-state index contributed by atoms with van der Waals surface area (Å²) in [6.45, 7) is -0.113. The normalized spacial score (nSPS) is 18.3. The summed E-state index contributed by atoms with van der Waals surface area (Å²) in [4.78, 5) is 13.7. The monoisotopic (exact) mass is 374 g/mol. The number of hydrogen-bond donors (Lipinski definition) is 1. The van der Waals surface area contributed by atoms with Gasteiger partial charge in [0.25, 0.3) is 5.91 Å². The first kappa shape index (κ1) is 18.3. The van der Waals surface area contributed by atoms with Crippen molar-refractivity contribution in [3.05, 3.63) is 54.6 Å². The molecule has 7 heteroatoms. The molecule has 0 unspecified atom stereocenters. The molecule has 26 heavy (non-hydrogen) atoms. The highest BCUT2D eigenvalue weighted by atomic mass is 32.2. The first-order valence-electron chi connectivity index (χ1n) is 8.44. The minimum absolute atomic E-state index is 0.0368. The molecule has 0 aliphatic carbocycles. The molecule has 3 rings (SSSR count). The van der Waals surface area contributed by atoms with Gasteiger partial charge in [-0.15, -0.1) is 0 Å². The number of nitrogens with one attached hydrogen (secondary N) is 1. The summed E-state index contributed by atoms with van der Waals surface area (Å²) in [5.41, 5.74) is 1.91. The first-order chi connectivity index (χ1) is 12.4. The first-order valence-corrected chi connectivity index (χ1v) is 10.3. The molecule has 1 aliphatic rings. The van der Waals surface area contributed by atoms with Crippen LogP contribution in [0.3, 0.4) is 0 Å². The largest absolute Gasteiger partial charge is 0.484 e. The van der Waals surface area contributed by atoms with Crippen LogP contribution in [0, 0.1) is 0 Å². The van der Waals surface area contributed by atoms with Crippen molar-refractivity contribution in [1.82, 2.24) is 4.90 Å². The molecule has 1 heterocycles. The van der Waals surface area contributed by atoms with Crippen LogP contribution in [0.5, 0.6) is 5.75 Å². The van der Waals surface area contributed by atoms with Crippen LogP contribution in [0.25, 0.3) is 0 Å². The van der Waals surface area contributed by atoms with Gasteiger partial charge in [0.2, 0.25) is 0 Å². The van der Waals surface area contributed by atoms with E-state index in [0.717, 1.165) is 11.4 Å². The number of rotatable bonds is 6. The van der Waals surface area contributed by atoms with E-state index < -0.39 is 9.84 Å². The second kappa shape index (κ2) is 7.78. The number of anilines is 2. The summed E-state index contributed by atoms with van der Waals surface area (Å²) in [5, 5.41) is 3.27. The molecule has 1 N–H and O–H groups in total. The molecule has 0 radical (unpaired) electrons. The zero-order valence-electron chi connectivity index (χ0n) is 14.6. The Morgan fingerprint density at radius 2 is 1.77 bits per heavy atom. The number of carbonyl (C=O) groups excluding carboxylic acids is 1. The molecule has 0 aromatic heterocycles. The van der Waals surface area contributed by atoms with Gasteiger partial charge in [-0.1, -0.05) is 18.2 Å². The highest BCUT2D eigenvalue weighted by Crippen LogP contribution is 2.20. The van der Waals surface area contributed by atoms with Gasteiger partial charge in [0.15, 0.2) is 16.4 Å². The zero-order chi connectivity index (χ0) is 18.6. The molecule has 2 aromatic carbocycles. The highest BCUT2D eigenvalue weighted by Gasteiger charge is 2.32. The lowest BCUT2D eigenvalue weighted by atomic mass is 10.2. The van der Waals surface area contributed by atoms with Crippen molar-refractivity contribution in [3.8, 4) is 5.75 Å². The van der Waals surface area contributed by atoms with Crippen molar-refractivity contribution < 1.29 is 17.9 Å². The molecule has 1 amide bonds. The molecule has 0 saturated carbocycles. The van der Waals surface area contributed by atoms with Gasteiger partial charge in [0, 0.05) is 24.5 Å². The van der Waals surface area contributed by atoms with E-state index in [9.17, 15) is 13.2 Å².